The summed E-state index contributed by atoms with van der Waals surface area (Å²) in [5.41, 5.74) is 5.92. The normalized spacial score (nSPS) is 10.3. The second kappa shape index (κ2) is 6.83. The second-order valence-electron chi connectivity index (χ2n) is 3.85. The maximum Gasteiger partial charge on any atom is 0.234 e. The molecule has 0 saturated heterocycles. The van der Waals surface area contributed by atoms with E-state index >= 15 is 0 Å². The molecule has 0 aliphatic rings. The summed E-state index contributed by atoms with van der Waals surface area (Å²) in [6.07, 6.45) is 1.62. The van der Waals surface area contributed by atoms with Crippen LogP contribution in [0.3, 0.4) is 0 Å². The number of para-hydroxylation sites is 1. The fraction of sp³-hybridized carbons (Fsp3) is 0.0769. The fourth-order valence-corrected chi connectivity index (χ4v) is 2.57. The number of pyridine rings is 1. The van der Waals surface area contributed by atoms with Crippen molar-refractivity contribution in [3.8, 4) is 0 Å². The summed E-state index contributed by atoms with van der Waals surface area (Å²) in [6.45, 7) is 0. The third-order valence-corrected chi connectivity index (χ3v) is 3.97. The Morgan fingerprint density at radius 3 is 2.55 bits per heavy atom. The van der Waals surface area contributed by atoms with Crippen molar-refractivity contribution in [3.05, 3.63) is 46.6 Å². The van der Waals surface area contributed by atoms with Crippen molar-refractivity contribution in [2.45, 2.75) is 4.90 Å². The summed E-state index contributed by atoms with van der Waals surface area (Å²) < 4.78 is 0. The van der Waals surface area contributed by atoms with Crippen molar-refractivity contribution in [1.82, 2.24) is 4.98 Å². The Labute approximate surface area is 130 Å². The second-order valence-corrected chi connectivity index (χ2v) is 5.72. The van der Waals surface area contributed by atoms with Crippen LogP contribution in [0, 0.1) is 0 Å². The standard InChI is InChI=1S/C13H11Cl2N3OS/c14-9-2-1-3-10(15)13(9)18-12(19)7-20-8-4-5-11(16)17-6-8/h1-6H,7H2,(H2,16,17)(H,18,19). The number of anilines is 2. The molecule has 3 N–H and O–H groups in total. The first-order valence-corrected chi connectivity index (χ1v) is 7.38. The minimum atomic E-state index is -0.193. The molecule has 7 heteroatoms. The highest BCUT2D eigenvalue weighted by Crippen LogP contribution is 2.30. The lowest BCUT2D eigenvalue weighted by molar-refractivity contribution is -0.113. The average Bonchev–Trinajstić information content (AvgIpc) is 2.42. The molecule has 0 atom stereocenters. The van der Waals surface area contributed by atoms with Gasteiger partial charge in [0, 0.05) is 11.1 Å². The predicted molar refractivity (Wildman–Crippen MR) is 84.5 cm³/mol. The molecule has 0 bridgehead atoms. The largest absolute Gasteiger partial charge is 0.384 e. The van der Waals surface area contributed by atoms with E-state index in [-0.39, 0.29) is 11.7 Å². The SMILES string of the molecule is Nc1ccc(SCC(=O)Nc2c(Cl)cccc2Cl)cn1. The molecule has 0 spiro atoms. The van der Waals surface area contributed by atoms with Gasteiger partial charge >= 0.3 is 0 Å². The molecule has 0 radical (unpaired) electrons. The van der Waals surface area contributed by atoms with Crippen molar-refractivity contribution in [2.24, 2.45) is 0 Å². The smallest absolute Gasteiger partial charge is 0.234 e. The molecular formula is C13H11Cl2N3OS. The van der Waals surface area contributed by atoms with E-state index in [0.717, 1.165) is 4.90 Å². The molecule has 20 heavy (non-hydrogen) atoms. The molecule has 0 saturated carbocycles. The molecule has 1 amide bonds. The summed E-state index contributed by atoms with van der Waals surface area (Å²) in [7, 11) is 0. The topological polar surface area (TPSA) is 68.0 Å². The molecule has 0 aliphatic heterocycles. The Kier molecular flexibility index (Phi) is 5.11. The van der Waals surface area contributed by atoms with E-state index in [2.05, 4.69) is 10.3 Å². The number of nitrogens with two attached hydrogens (primary N) is 1. The van der Waals surface area contributed by atoms with Crippen molar-refractivity contribution >= 4 is 52.4 Å². The van der Waals surface area contributed by atoms with Crippen LogP contribution in [-0.2, 0) is 4.79 Å². The lowest BCUT2D eigenvalue weighted by atomic mass is 10.3. The van der Waals surface area contributed by atoms with Crippen molar-refractivity contribution in [2.75, 3.05) is 16.8 Å². The molecule has 1 heterocycles. The monoisotopic (exact) mass is 327 g/mol. The third kappa shape index (κ3) is 4.03. The first-order valence-electron chi connectivity index (χ1n) is 5.64. The Balaban J connectivity index is 1.94. The van der Waals surface area contributed by atoms with Crippen molar-refractivity contribution in [3.63, 3.8) is 0 Å². The van der Waals surface area contributed by atoms with E-state index in [1.54, 1.807) is 30.5 Å². The van der Waals surface area contributed by atoms with Gasteiger partial charge in [-0.25, -0.2) is 4.98 Å². The van der Waals surface area contributed by atoms with E-state index in [1.165, 1.54) is 11.8 Å². The van der Waals surface area contributed by atoms with Crippen molar-refractivity contribution < 1.29 is 4.79 Å². The quantitative estimate of drug-likeness (QED) is 0.840. The number of carbonyl (C=O) groups is 1. The van der Waals surface area contributed by atoms with Crippen LogP contribution in [-0.4, -0.2) is 16.6 Å². The lowest BCUT2D eigenvalue weighted by Gasteiger charge is -2.08. The minimum Gasteiger partial charge on any atom is -0.384 e. The Morgan fingerprint density at radius 1 is 1.25 bits per heavy atom. The molecule has 0 unspecified atom stereocenters. The summed E-state index contributed by atoms with van der Waals surface area (Å²) >= 11 is 13.3. The van der Waals surface area contributed by atoms with E-state index in [0.29, 0.717) is 21.6 Å². The third-order valence-electron chi connectivity index (χ3n) is 2.36. The zero-order valence-electron chi connectivity index (χ0n) is 10.3. The molecular weight excluding hydrogens is 317 g/mol. The van der Waals surface area contributed by atoms with Gasteiger partial charge in [0.2, 0.25) is 5.91 Å². The molecule has 1 aromatic heterocycles. The lowest BCUT2D eigenvalue weighted by Crippen LogP contribution is -2.14. The van der Waals surface area contributed by atoms with E-state index < -0.39 is 0 Å². The molecule has 4 nitrogen and oxygen atoms in total. The molecule has 2 rings (SSSR count). The van der Waals surface area contributed by atoms with Crippen LogP contribution >= 0.6 is 35.0 Å². The van der Waals surface area contributed by atoms with Crippen LogP contribution in [0.1, 0.15) is 0 Å². The van der Waals surface area contributed by atoms with Gasteiger partial charge in [-0.15, -0.1) is 11.8 Å². The van der Waals surface area contributed by atoms with E-state index in [4.69, 9.17) is 28.9 Å². The number of nitrogen functional groups attached to an aromatic ring is 1. The van der Waals surface area contributed by atoms with Gasteiger partial charge in [0.05, 0.1) is 21.5 Å². The summed E-state index contributed by atoms with van der Waals surface area (Å²) in [4.78, 5) is 16.7. The van der Waals surface area contributed by atoms with Crippen LogP contribution in [0.2, 0.25) is 10.0 Å². The van der Waals surface area contributed by atoms with E-state index in [1.807, 2.05) is 6.07 Å². The minimum absolute atomic E-state index is 0.193. The van der Waals surface area contributed by atoms with Crippen LogP contribution in [0.15, 0.2) is 41.4 Å². The van der Waals surface area contributed by atoms with Gasteiger partial charge in [0.1, 0.15) is 5.82 Å². The molecule has 1 aromatic carbocycles. The van der Waals surface area contributed by atoms with Gasteiger partial charge in [-0.2, -0.15) is 0 Å². The number of rotatable bonds is 4. The molecule has 104 valence electrons. The Bertz CT molecular complexity index is 599. The predicted octanol–water partition coefficient (Wildman–Crippen LogP) is 3.70. The summed E-state index contributed by atoms with van der Waals surface area (Å²) in [5.74, 6) is 0.483. The van der Waals surface area contributed by atoms with Gasteiger partial charge in [-0.3, -0.25) is 4.79 Å². The number of aromatic nitrogens is 1. The Morgan fingerprint density at radius 2 is 1.95 bits per heavy atom. The molecule has 0 fully saturated rings. The van der Waals surface area contributed by atoms with Gasteiger partial charge in [0.15, 0.2) is 0 Å². The number of nitrogens with one attached hydrogen (secondary N) is 1. The zero-order chi connectivity index (χ0) is 14.5. The van der Waals surface area contributed by atoms with Gasteiger partial charge in [-0.05, 0) is 24.3 Å². The number of nitrogens with zero attached hydrogens (tertiary/aromatic N) is 1. The highest BCUT2D eigenvalue weighted by molar-refractivity contribution is 8.00. The van der Waals surface area contributed by atoms with Crippen LogP contribution < -0.4 is 11.1 Å². The summed E-state index contributed by atoms with van der Waals surface area (Å²) in [6, 6.07) is 8.54. The zero-order valence-corrected chi connectivity index (χ0v) is 12.6. The maximum absolute atomic E-state index is 11.9. The number of halogens is 2. The van der Waals surface area contributed by atoms with Gasteiger partial charge < -0.3 is 11.1 Å². The van der Waals surface area contributed by atoms with Crippen LogP contribution in [0.25, 0.3) is 0 Å². The maximum atomic E-state index is 11.9. The highest BCUT2D eigenvalue weighted by atomic mass is 35.5. The Hall–Kier alpha value is -1.43. The van der Waals surface area contributed by atoms with Gasteiger partial charge in [0.25, 0.3) is 0 Å². The number of carbonyl (C=O) groups excluding carboxylic acids is 1. The van der Waals surface area contributed by atoms with E-state index in [9.17, 15) is 4.79 Å². The number of thioether (sulfide) groups is 1. The molecule has 0 aliphatic carbocycles. The summed E-state index contributed by atoms with van der Waals surface area (Å²) in [5, 5.41) is 3.51. The van der Waals surface area contributed by atoms with Gasteiger partial charge in [-0.1, -0.05) is 29.3 Å². The number of hydrogen-bond acceptors (Lipinski definition) is 4. The van der Waals surface area contributed by atoms with Crippen molar-refractivity contribution in [1.29, 1.82) is 0 Å². The first kappa shape index (κ1) is 15.0. The molecule has 2 aromatic rings. The average molecular weight is 328 g/mol. The van der Waals surface area contributed by atoms with Crippen LogP contribution in [0.5, 0.6) is 0 Å². The first-order chi connectivity index (χ1) is 9.56. The highest BCUT2D eigenvalue weighted by Gasteiger charge is 2.10. The number of hydrogen-bond donors (Lipinski definition) is 2. The number of amides is 1. The number of benzene rings is 1. The fourth-order valence-electron chi connectivity index (χ4n) is 1.42. The van der Waals surface area contributed by atoms with Crippen LogP contribution in [0.4, 0.5) is 11.5 Å².